The molecular formula is C15H18N2O. The van der Waals surface area contributed by atoms with Crippen molar-refractivity contribution in [3.8, 4) is 0 Å². The van der Waals surface area contributed by atoms with E-state index in [0.29, 0.717) is 0 Å². The third kappa shape index (κ3) is 2.46. The van der Waals surface area contributed by atoms with E-state index in [-0.39, 0.29) is 0 Å². The summed E-state index contributed by atoms with van der Waals surface area (Å²) in [4.78, 5) is 4.21. The molecule has 3 nitrogen and oxygen atoms in total. The van der Waals surface area contributed by atoms with E-state index in [0.717, 1.165) is 38.5 Å². The van der Waals surface area contributed by atoms with Crippen LogP contribution in [0.5, 0.6) is 0 Å². The molecule has 0 amide bonds. The van der Waals surface area contributed by atoms with Crippen molar-refractivity contribution in [3.05, 3.63) is 36.7 Å². The second-order valence-corrected chi connectivity index (χ2v) is 4.84. The van der Waals surface area contributed by atoms with Crippen LogP contribution in [0.3, 0.4) is 0 Å². The van der Waals surface area contributed by atoms with Crippen LogP contribution in [0.25, 0.3) is 10.8 Å². The molecule has 0 unspecified atom stereocenters. The zero-order valence-electron chi connectivity index (χ0n) is 10.4. The quantitative estimate of drug-likeness (QED) is 0.898. The number of aromatic nitrogens is 1. The fraction of sp³-hybridized carbons (Fsp3) is 0.400. The first-order valence-electron chi connectivity index (χ1n) is 6.58. The number of hydrogen-bond acceptors (Lipinski definition) is 3. The van der Waals surface area contributed by atoms with Crippen LogP contribution in [-0.4, -0.2) is 24.7 Å². The lowest BCUT2D eigenvalue weighted by molar-refractivity contribution is 0.0699. The first-order chi connectivity index (χ1) is 8.93. The highest BCUT2D eigenvalue weighted by atomic mass is 16.5. The lowest BCUT2D eigenvalue weighted by Gasteiger charge is -2.23. The van der Waals surface area contributed by atoms with E-state index in [1.807, 2.05) is 12.4 Å². The highest BCUT2D eigenvalue weighted by molar-refractivity contribution is 5.93. The molecule has 1 aromatic heterocycles. The third-order valence-electron chi connectivity index (χ3n) is 3.61. The summed E-state index contributed by atoms with van der Waals surface area (Å²) in [6.07, 6.45) is 6.10. The van der Waals surface area contributed by atoms with Crippen LogP contribution in [0, 0.1) is 5.92 Å². The lowest BCUT2D eigenvalue weighted by atomic mass is 10.00. The molecule has 94 valence electrons. The molecule has 2 aromatic rings. The fourth-order valence-electron chi connectivity index (χ4n) is 2.47. The van der Waals surface area contributed by atoms with E-state index in [2.05, 4.69) is 34.6 Å². The summed E-state index contributed by atoms with van der Waals surface area (Å²) in [6.45, 7) is 2.84. The Morgan fingerprint density at radius 1 is 1.22 bits per heavy atom. The Bertz CT molecular complexity index is 515. The van der Waals surface area contributed by atoms with E-state index < -0.39 is 0 Å². The van der Waals surface area contributed by atoms with Crippen molar-refractivity contribution in [1.29, 1.82) is 0 Å². The summed E-state index contributed by atoms with van der Waals surface area (Å²) < 4.78 is 5.38. The molecular weight excluding hydrogens is 224 g/mol. The summed E-state index contributed by atoms with van der Waals surface area (Å²) in [5, 5.41) is 6.00. The summed E-state index contributed by atoms with van der Waals surface area (Å²) in [5.74, 6) is 0.727. The van der Waals surface area contributed by atoms with E-state index in [4.69, 9.17) is 4.74 Å². The third-order valence-corrected chi connectivity index (χ3v) is 3.61. The minimum absolute atomic E-state index is 0.727. The number of nitrogens with zero attached hydrogens (tertiary/aromatic N) is 1. The highest BCUT2D eigenvalue weighted by Crippen LogP contribution is 2.23. The average molecular weight is 242 g/mol. The monoisotopic (exact) mass is 242 g/mol. The van der Waals surface area contributed by atoms with Gasteiger partial charge in [-0.15, -0.1) is 0 Å². The highest BCUT2D eigenvalue weighted by Gasteiger charge is 2.13. The maximum absolute atomic E-state index is 5.38. The molecule has 0 radical (unpaired) electrons. The Morgan fingerprint density at radius 3 is 3.00 bits per heavy atom. The number of ether oxygens (including phenoxy) is 1. The zero-order chi connectivity index (χ0) is 12.2. The van der Waals surface area contributed by atoms with E-state index in [9.17, 15) is 0 Å². The number of nitrogens with one attached hydrogen (secondary N) is 1. The number of fused-ring (bicyclic) bond motifs is 1. The largest absolute Gasteiger partial charge is 0.384 e. The lowest BCUT2D eigenvalue weighted by Crippen LogP contribution is -2.22. The maximum Gasteiger partial charge on any atom is 0.0469 e. The van der Waals surface area contributed by atoms with Gasteiger partial charge in [0.15, 0.2) is 0 Å². The summed E-state index contributed by atoms with van der Waals surface area (Å²) >= 11 is 0. The van der Waals surface area contributed by atoms with Crippen molar-refractivity contribution in [1.82, 2.24) is 4.98 Å². The van der Waals surface area contributed by atoms with E-state index in [1.165, 1.54) is 16.5 Å². The predicted molar refractivity (Wildman–Crippen MR) is 73.8 cm³/mol. The Hall–Kier alpha value is -1.61. The maximum atomic E-state index is 5.38. The first-order valence-corrected chi connectivity index (χ1v) is 6.58. The smallest absolute Gasteiger partial charge is 0.0469 e. The Kier molecular flexibility index (Phi) is 3.42. The Morgan fingerprint density at radius 2 is 2.11 bits per heavy atom. The van der Waals surface area contributed by atoms with Gasteiger partial charge in [-0.05, 0) is 36.3 Å². The van der Waals surface area contributed by atoms with Crippen LogP contribution in [0.4, 0.5) is 5.69 Å². The molecule has 1 aromatic carbocycles. The SMILES string of the molecule is c1cc(NCC2CCOCC2)c2cnccc2c1. The predicted octanol–water partition coefficient (Wildman–Crippen LogP) is 3.07. The minimum Gasteiger partial charge on any atom is -0.384 e. The minimum atomic E-state index is 0.727. The standard InChI is InChI=1S/C15H18N2O/c1-2-13-4-7-16-11-14(13)15(3-1)17-10-12-5-8-18-9-6-12/h1-4,7,11-12,17H,5-6,8-10H2. The molecule has 2 heterocycles. The van der Waals surface area contributed by atoms with Gasteiger partial charge in [-0.2, -0.15) is 0 Å². The average Bonchev–Trinajstić information content (AvgIpc) is 2.46. The molecule has 1 N–H and O–H groups in total. The van der Waals surface area contributed by atoms with Crippen LogP contribution in [0.15, 0.2) is 36.7 Å². The van der Waals surface area contributed by atoms with Gasteiger partial charge in [0.1, 0.15) is 0 Å². The molecule has 0 bridgehead atoms. The van der Waals surface area contributed by atoms with Crippen molar-refractivity contribution in [3.63, 3.8) is 0 Å². The summed E-state index contributed by atoms with van der Waals surface area (Å²) in [6, 6.07) is 8.39. The van der Waals surface area contributed by atoms with Gasteiger partial charge in [0.2, 0.25) is 0 Å². The first kappa shape index (κ1) is 11.5. The zero-order valence-corrected chi connectivity index (χ0v) is 10.4. The van der Waals surface area contributed by atoms with Crippen molar-refractivity contribution in [2.24, 2.45) is 5.92 Å². The van der Waals surface area contributed by atoms with Crippen LogP contribution < -0.4 is 5.32 Å². The van der Waals surface area contributed by atoms with Gasteiger partial charge in [0, 0.05) is 43.2 Å². The van der Waals surface area contributed by atoms with Crippen LogP contribution in [0.1, 0.15) is 12.8 Å². The molecule has 18 heavy (non-hydrogen) atoms. The number of pyridine rings is 1. The topological polar surface area (TPSA) is 34.1 Å². The van der Waals surface area contributed by atoms with Gasteiger partial charge in [-0.1, -0.05) is 12.1 Å². The molecule has 0 atom stereocenters. The summed E-state index contributed by atoms with van der Waals surface area (Å²) in [5.41, 5.74) is 1.19. The number of hydrogen-bond donors (Lipinski definition) is 1. The van der Waals surface area contributed by atoms with Gasteiger partial charge in [-0.25, -0.2) is 0 Å². The van der Waals surface area contributed by atoms with Crippen molar-refractivity contribution in [2.75, 3.05) is 25.1 Å². The van der Waals surface area contributed by atoms with Crippen molar-refractivity contribution < 1.29 is 4.74 Å². The second kappa shape index (κ2) is 5.36. The molecule has 0 spiro atoms. The van der Waals surface area contributed by atoms with Gasteiger partial charge < -0.3 is 10.1 Å². The molecule has 1 saturated heterocycles. The molecule has 3 heteroatoms. The number of anilines is 1. The second-order valence-electron chi connectivity index (χ2n) is 4.84. The van der Waals surface area contributed by atoms with Crippen molar-refractivity contribution in [2.45, 2.75) is 12.8 Å². The van der Waals surface area contributed by atoms with Crippen LogP contribution in [0.2, 0.25) is 0 Å². The Balaban J connectivity index is 1.74. The molecule has 0 aliphatic carbocycles. The molecule has 1 aliphatic heterocycles. The molecule has 0 saturated carbocycles. The van der Waals surface area contributed by atoms with E-state index >= 15 is 0 Å². The molecule has 3 rings (SSSR count). The normalized spacial score (nSPS) is 16.9. The van der Waals surface area contributed by atoms with Crippen molar-refractivity contribution >= 4 is 16.5 Å². The van der Waals surface area contributed by atoms with Crippen LogP contribution in [-0.2, 0) is 4.74 Å². The van der Waals surface area contributed by atoms with Crippen LogP contribution >= 0.6 is 0 Å². The molecule has 1 fully saturated rings. The number of benzene rings is 1. The molecule has 1 aliphatic rings. The van der Waals surface area contributed by atoms with Gasteiger partial charge in [0.25, 0.3) is 0 Å². The Labute approximate surface area is 107 Å². The fourth-order valence-corrected chi connectivity index (χ4v) is 2.47. The number of rotatable bonds is 3. The summed E-state index contributed by atoms with van der Waals surface area (Å²) in [7, 11) is 0. The van der Waals surface area contributed by atoms with E-state index in [1.54, 1.807) is 0 Å². The van der Waals surface area contributed by atoms with Gasteiger partial charge >= 0.3 is 0 Å². The van der Waals surface area contributed by atoms with Gasteiger partial charge in [0.05, 0.1) is 0 Å². The van der Waals surface area contributed by atoms with Gasteiger partial charge in [-0.3, -0.25) is 4.98 Å².